The smallest absolute Gasteiger partial charge is 0.220 e. The summed E-state index contributed by atoms with van der Waals surface area (Å²) in [6.45, 7) is 0.674. The minimum atomic E-state index is 0.0770. The van der Waals surface area contributed by atoms with Crippen LogP contribution in [0.15, 0.2) is 24.3 Å². The average Bonchev–Trinajstić information content (AvgIpc) is 2.38. The van der Waals surface area contributed by atoms with Gasteiger partial charge in [-0.05, 0) is 24.1 Å². The molecule has 0 aliphatic carbocycles. The zero-order valence-electron chi connectivity index (χ0n) is 10.3. The first kappa shape index (κ1) is 14.5. The molecule has 1 amide bonds. The van der Waals surface area contributed by atoms with Gasteiger partial charge in [-0.15, -0.1) is 18.2 Å². The topological polar surface area (TPSA) is 55.1 Å². The summed E-state index contributed by atoms with van der Waals surface area (Å²) in [6, 6.07) is 7.60. The summed E-state index contributed by atoms with van der Waals surface area (Å²) in [4.78, 5) is 11.5. The van der Waals surface area contributed by atoms with Crippen LogP contribution in [0.2, 0.25) is 0 Å². The van der Waals surface area contributed by atoms with E-state index >= 15 is 0 Å². The van der Waals surface area contributed by atoms with Crippen molar-refractivity contribution in [3.8, 4) is 12.3 Å². The number of anilines is 1. The standard InChI is InChI=1S/C14H18N2OS/c1-2-10-18-11-9-16-14(17)8-5-12-3-6-13(15)7-4-12/h1,3-4,6-7H,5,8-11,15H2,(H,16,17). The fourth-order valence-electron chi connectivity index (χ4n) is 1.42. The normalized spacial score (nSPS) is 9.72. The van der Waals surface area contributed by atoms with Crippen LogP contribution in [0.25, 0.3) is 0 Å². The minimum absolute atomic E-state index is 0.0770. The van der Waals surface area contributed by atoms with E-state index in [0.29, 0.717) is 18.7 Å². The lowest BCUT2D eigenvalue weighted by molar-refractivity contribution is -0.120. The number of thioether (sulfide) groups is 1. The summed E-state index contributed by atoms with van der Waals surface area (Å²) in [6.07, 6.45) is 6.37. The summed E-state index contributed by atoms with van der Waals surface area (Å²) in [5.74, 6) is 4.18. The molecule has 0 heterocycles. The molecule has 0 saturated carbocycles. The summed E-state index contributed by atoms with van der Waals surface area (Å²) >= 11 is 1.65. The third-order valence-electron chi connectivity index (χ3n) is 2.37. The van der Waals surface area contributed by atoms with Gasteiger partial charge in [-0.2, -0.15) is 0 Å². The van der Waals surface area contributed by atoms with E-state index in [0.717, 1.165) is 23.4 Å². The van der Waals surface area contributed by atoms with Gasteiger partial charge in [0.2, 0.25) is 5.91 Å². The highest BCUT2D eigenvalue weighted by molar-refractivity contribution is 7.99. The van der Waals surface area contributed by atoms with Gasteiger partial charge < -0.3 is 11.1 Å². The second-order valence-corrected chi connectivity index (χ2v) is 4.95. The number of terminal acetylenes is 1. The Kier molecular flexibility index (Phi) is 6.82. The van der Waals surface area contributed by atoms with Crippen molar-refractivity contribution in [3.05, 3.63) is 29.8 Å². The van der Waals surface area contributed by atoms with E-state index in [1.54, 1.807) is 11.8 Å². The molecule has 0 spiro atoms. The van der Waals surface area contributed by atoms with Crippen molar-refractivity contribution in [2.45, 2.75) is 12.8 Å². The second-order valence-electron chi connectivity index (χ2n) is 3.85. The van der Waals surface area contributed by atoms with Gasteiger partial charge in [-0.1, -0.05) is 18.1 Å². The molecule has 0 radical (unpaired) electrons. The van der Waals surface area contributed by atoms with Crippen molar-refractivity contribution >= 4 is 23.4 Å². The zero-order chi connectivity index (χ0) is 13.2. The maximum Gasteiger partial charge on any atom is 0.220 e. The quantitative estimate of drug-likeness (QED) is 0.446. The molecule has 96 valence electrons. The van der Waals surface area contributed by atoms with E-state index in [1.807, 2.05) is 24.3 Å². The van der Waals surface area contributed by atoms with Gasteiger partial charge in [0.1, 0.15) is 0 Å². The number of hydrogen-bond acceptors (Lipinski definition) is 3. The average molecular weight is 262 g/mol. The predicted octanol–water partition coefficient (Wildman–Crippen LogP) is 1.68. The molecular weight excluding hydrogens is 244 g/mol. The molecule has 0 atom stereocenters. The highest BCUT2D eigenvalue weighted by Crippen LogP contribution is 2.07. The number of nitrogens with two attached hydrogens (primary N) is 1. The maximum atomic E-state index is 11.5. The molecule has 4 heteroatoms. The van der Waals surface area contributed by atoms with Gasteiger partial charge in [0.25, 0.3) is 0 Å². The first-order chi connectivity index (χ1) is 8.72. The van der Waals surface area contributed by atoms with Crippen molar-refractivity contribution in [1.29, 1.82) is 0 Å². The molecule has 0 unspecified atom stereocenters. The van der Waals surface area contributed by atoms with E-state index in [9.17, 15) is 4.79 Å². The zero-order valence-corrected chi connectivity index (χ0v) is 11.1. The number of carbonyl (C=O) groups is 1. The van der Waals surface area contributed by atoms with Gasteiger partial charge in [-0.3, -0.25) is 4.79 Å². The number of hydrogen-bond donors (Lipinski definition) is 2. The molecule has 3 nitrogen and oxygen atoms in total. The Morgan fingerprint density at radius 1 is 1.39 bits per heavy atom. The fraction of sp³-hybridized carbons (Fsp3) is 0.357. The molecule has 18 heavy (non-hydrogen) atoms. The Labute approximate surface area is 113 Å². The largest absolute Gasteiger partial charge is 0.399 e. The van der Waals surface area contributed by atoms with E-state index in [1.165, 1.54) is 0 Å². The summed E-state index contributed by atoms with van der Waals surface area (Å²) in [5.41, 5.74) is 7.46. The Hall–Kier alpha value is -1.60. The molecule has 0 aromatic heterocycles. The summed E-state index contributed by atoms with van der Waals surface area (Å²) in [5, 5.41) is 2.87. The summed E-state index contributed by atoms with van der Waals surface area (Å²) in [7, 11) is 0. The number of rotatable bonds is 7. The molecule has 0 fully saturated rings. The molecule has 1 rings (SSSR count). The SMILES string of the molecule is C#CCSCCNC(=O)CCc1ccc(N)cc1. The van der Waals surface area contributed by atoms with Crippen molar-refractivity contribution in [1.82, 2.24) is 5.32 Å². The Morgan fingerprint density at radius 3 is 2.78 bits per heavy atom. The molecular formula is C14H18N2OS. The summed E-state index contributed by atoms with van der Waals surface area (Å²) < 4.78 is 0. The van der Waals surface area contributed by atoms with E-state index in [-0.39, 0.29) is 5.91 Å². The number of amides is 1. The highest BCUT2D eigenvalue weighted by atomic mass is 32.2. The number of nitrogen functional groups attached to an aromatic ring is 1. The van der Waals surface area contributed by atoms with Crippen LogP contribution in [0.5, 0.6) is 0 Å². The van der Waals surface area contributed by atoms with E-state index < -0.39 is 0 Å². The number of benzene rings is 1. The van der Waals surface area contributed by atoms with E-state index in [2.05, 4.69) is 11.2 Å². The number of aryl methyl sites for hydroxylation is 1. The first-order valence-electron chi connectivity index (χ1n) is 5.84. The monoisotopic (exact) mass is 262 g/mol. The van der Waals surface area contributed by atoms with Crippen molar-refractivity contribution in [2.24, 2.45) is 0 Å². The number of carbonyl (C=O) groups excluding carboxylic acids is 1. The van der Waals surface area contributed by atoms with Gasteiger partial charge in [-0.25, -0.2) is 0 Å². The van der Waals surface area contributed by atoms with Crippen LogP contribution in [0.4, 0.5) is 5.69 Å². The molecule has 1 aromatic carbocycles. The van der Waals surface area contributed by atoms with Gasteiger partial charge in [0.05, 0.1) is 5.75 Å². The van der Waals surface area contributed by atoms with Gasteiger partial charge >= 0.3 is 0 Å². The van der Waals surface area contributed by atoms with Crippen LogP contribution in [-0.2, 0) is 11.2 Å². The number of nitrogens with one attached hydrogen (secondary N) is 1. The van der Waals surface area contributed by atoms with Crippen LogP contribution in [-0.4, -0.2) is 24.0 Å². The molecule has 1 aromatic rings. The second kappa shape index (κ2) is 8.48. The van der Waals surface area contributed by atoms with Gasteiger partial charge in [0, 0.05) is 24.4 Å². The first-order valence-corrected chi connectivity index (χ1v) is 7.00. The molecule has 0 aliphatic heterocycles. The lowest BCUT2D eigenvalue weighted by Crippen LogP contribution is -2.25. The van der Waals surface area contributed by atoms with Crippen molar-refractivity contribution in [2.75, 3.05) is 23.8 Å². The van der Waals surface area contributed by atoms with Crippen LogP contribution in [0.3, 0.4) is 0 Å². The van der Waals surface area contributed by atoms with Crippen molar-refractivity contribution < 1.29 is 4.79 Å². The highest BCUT2D eigenvalue weighted by Gasteiger charge is 2.01. The molecule has 0 bridgehead atoms. The Morgan fingerprint density at radius 2 is 2.11 bits per heavy atom. The van der Waals surface area contributed by atoms with Gasteiger partial charge in [0.15, 0.2) is 0 Å². The Bertz CT molecular complexity index is 409. The lowest BCUT2D eigenvalue weighted by Gasteiger charge is -2.04. The van der Waals surface area contributed by atoms with E-state index in [4.69, 9.17) is 12.2 Å². The fourth-order valence-corrected chi connectivity index (χ4v) is 1.93. The van der Waals surface area contributed by atoms with Crippen molar-refractivity contribution in [3.63, 3.8) is 0 Å². The molecule has 0 aliphatic rings. The lowest BCUT2D eigenvalue weighted by atomic mass is 10.1. The van der Waals surface area contributed by atoms with Crippen LogP contribution in [0.1, 0.15) is 12.0 Å². The molecule has 0 saturated heterocycles. The van der Waals surface area contributed by atoms with Crippen LogP contribution >= 0.6 is 11.8 Å². The minimum Gasteiger partial charge on any atom is -0.399 e. The predicted molar refractivity (Wildman–Crippen MR) is 78.3 cm³/mol. The maximum absolute atomic E-state index is 11.5. The third kappa shape index (κ3) is 6.21. The Balaban J connectivity index is 2.13. The third-order valence-corrected chi connectivity index (χ3v) is 3.24. The van der Waals surface area contributed by atoms with Crippen LogP contribution < -0.4 is 11.1 Å². The van der Waals surface area contributed by atoms with Crippen LogP contribution in [0, 0.1) is 12.3 Å². The molecule has 3 N–H and O–H groups in total.